The molecule has 0 saturated carbocycles. The van der Waals surface area contributed by atoms with E-state index in [0.717, 1.165) is 0 Å². The number of rotatable bonds is 2. The number of thiol groups is 1. The molecule has 5 nitrogen and oxygen atoms in total. The third kappa shape index (κ3) is 2.51. The first-order valence-electron chi connectivity index (χ1n) is 5.25. The minimum absolute atomic E-state index is 0.0259. The molecule has 1 aliphatic rings. The summed E-state index contributed by atoms with van der Waals surface area (Å²) >= 11 is 7.56. The van der Waals surface area contributed by atoms with E-state index in [2.05, 4.69) is 38.3 Å². The van der Waals surface area contributed by atoms with Crippen LogP contribution in [0.4, 0.5) is 5.69 Å². The molecule has 1 amide bonds. The van der Waals surface area contributed by atoms with Crippen LogP contribution in [0.15, 0.2) is 16.7 Å². The largest absolute Gasteiger partial charge is 0.464 e. The van der Waals surface area contributed by atoms with E-state index < -0.39 is 5.97 Å². The van der Waals surface area contributed by atoms with Gasteiger partial charge in [-0.1, -0.05) is 0 Å². The van der Waals surface area contributed by atoms with Gasteiger partial charge in [0.2, 0.25) is 5.91 Å². The number of esters is 1. The summed E-state index contributed by atoms with van der Waals surface area (Å²) < 4.78 is 5.36. The van der Waals surface area contributed by atoms with Crippen molar-refractivity contribution in [3.63, 3.8) is 0 Å². The van der Waals surface area contributed by atoms with E-state index in [4.69, 9.17) is 0 Å². The number of aromatic nitrogens is 1. The van der Waals surface area contributed by atoms with Crippen molar-refractivity contribution in [3.05, 3.63) is 22.4 Å². The first kappa shape index (κ1) is 13.4. The minimum Gasteiger partial charge on any atom is -0.464 e. The van der Waals surface area contributed by atoms with E-state index in [1.54, 1.807) is 6.07 Å². The molecule has 0 aromatic carbocycles. The van der Waals surface area contributed by atoms with Crippen molar-refractivity contribution in [2.75, 3.05) is 18.6 Å². The Morgan fingerprint density at radius 1 is 1.67 bits per heavy atom. The van der Waals surface area contributed by atoms with Crippen molar-refractivity contribution in [2.45, 2.75) is 11.7 Å². The number of carbonyl (C=O) groups is 2. The van der Waals surface area contributed by atoms with Crippen LogP contribution < -0.4 is 4.90 Å². The number of amides is 1. The Morgan fingerprint density at radius 3 is 2.94 bits per heavy atom. The highest BCUT2D eigenvalue weighted by atomic mass is 79.9. The van der Waals surface area contributed by atoms with Crippen molar-refractivity contribution in [2.24, 2.45) is 0 Å². The fourth-order valence-corrected chi connectivity index (χ4v) is 2.45. The molecule has 1 aliphatic heterocycles. The number of hydrogen-bond donors (Lipinski definition) is 1. The number of nitrogens with zero attached hydrogens (tertiary/aromatic N) is 2. The normalized spacial score (nSPS) is 19.2. The standard InChI is InChI=1S/C11H11BrN2O3S/c1-17-11(16)10-8(2-6(12)4-13-10)14-5-7(18)3-9(14)15/h2,4,7,18H,3,5H2,1H3. The second kappa shape index (κ2) is 5.27. The van der Waals surface area contributed by atoms with E-state index in [9.17, 15) is 9.59 Å². The maximum Gasteiger partial charge on any atom is 0.358 e. The van der Waals surface area contributed by atoms with Gasteiger partial charge < -0.3 is 9.64 Å². The predicted octanol–water partition coefficient (Wildman–Crippen LogP) is 1.67. The van der Waals surface area contributed by atoms with E-state index in [1.165, 1.54) is 18.2 Å². The summed E-state index contributed by atoms with van der Waals surface area (Å²) in [5, 5.41) is -0.0259. The molecule has 1 aromatic heterocycles. The molecule has 1 unspecified atom stereocenters. The number of methoxy groups -OCH3 is 1. The molecule has 0 spiro atoms. The first-order chi connectivity index (χ1) is 8.52. The molecule has 1 saturated heterocycles. The van der Waals surface area contributed by atoms with Gasteiger partial charge in [-0.3, -0.25) is 4.79 Å². The Bertz CT molecular complexity index is 509. The number of pyridine rings is 1. The zero-order valence-electron chi connectivity index (χ0n) is 9.59. The molecule has 1 aromatic rings. The topological polar surface area (TPSA) is 59.5 Å². The first-order valence-corrected chi connectivity index (χ1v) is 6.56. The SMILES string of the molecule is COC(=O)c1ncc(Br)cc1N1CC(S)CC1=O. The molecule has 7 heteroatoms. The Morgan fingerprint density at radius 2 is 2.39 bits per heavy atom. The van der Waals surface area contributed by atoms with E-state index in [0.29, 0.717) is 23.1 Å². The van der Waals surface area contributed by atoms with Crippen LogP contribution in [-0.2, 0) is 9.53 Å². The highest BCUT2D eigenvalue weighted by Gasteiger charge is 2.31. The molecule has 96 valence electrons. The number of carbonyl (C=O) groups excluding carboxylic acids is 2. The Balaban J connectivity index is 2.45. The fraction of sp³-hybridized carbons (Fsp3) is 0.364. The summed E-state index contributed by atoms with van der Waals surface area (Å²) in [6, 6.07) is 1.68. The molecule has 2 heterocycles. The summed E-state index contributed by atoms with van der Waals surface area (Å²) in [5.41, 5.74) is 0.592. The van der Waals surface area contributed by atoms with Crippen LogP contribution in [0.3, 0.4) is 0 Å². The van der Waals surface area contributed by atoms with Gasteiger partial charge in [0.05, 0.1) is 12.8 Å². The molecule has 1 atom stereocenters. The maximum absolute atomic E-state index is 11.8. The highest BCUT2D eigenvalue weighted by Crippen LogP contribution is 2.29. The van der Waals surface area contributed by atoms with Gasteiger partial charge in [-0.15, -0.1) is 0 Å². The number of ether oxygens (including phenoxy) is 1. The third-order valence-electron chi connectivity index (χ3n) is 2.61. The van der Waals surface area contributed by atoms with Crippen LogP contribution in [-0.4, -0.2) is 35.8 Å². The zero-order chi connectivity index (χ0) is 13.3. The molecule has 0 radical (unpaired) electrons. The Labute approximate surface area is 118 Å². The summed E-state index contributed by atoms with van der Waals surface area (Å²) in [6.07, 6.45) is 1.85. The average molecular weight is 331 g/mol. The van der Waals surface area contributed by atoms with Crippen molar-refractivity contribution in [3.8, 4) is 0 Å². The van der Waals surface area contributed by atoms with E-state index in [1.807, 2.05) is 0 Å². The van der Waals surface area contributed by atoms with Crippen molar-refractivity contribution >= 4 is 46.1 Å². The summed E-state index contributed by atoms with van der Waals surface area (Å²) in [7, 11) is 1.28. The monoisotopic (exact) mass is 330 g/mol. The van der Waals surface area contributed by atoms with Crippen LogP contribution in [0.25, 0.3) is 0 Å². The molecular weight excluding hydrogens is 320 g/mol. The fourth-order valence-electron chi connectivity index (χ4n) is 1.81. The number of halogens is 1. The lowest BCUT2D eigenvalue weighted by atomic mass is 10.2. The van der Waals surface area contributed by atoms with Crippen molar-refractivity contribution < 1.29 is 14.3 Å². The van der Waals surface area contributed by atoms with Crippen LogP contribution >= 0.6 is 28.6 Å². The van der Waals surface area contributed by atoms with E-state index >= 15 is 0 Å². The van der Waals surface area contributed by atoms with Gasteiger partial charge in [0.15, 0.2) is 5.69 Å². The highest BCUT2D eigenvalue weighted by molar-refractivity contribution is 9.10. The third-order valence-corrected chi connectivity index (χ3v) is 3.39. The lowest BCUT2D eigenvalue weighted by molar-refractivity contribution is -0.117. The van der Waals surface area contributed by atoms with Gasteiger partial charge in [0, 0.05) is 28.9 Å². The van der Waals surface area contributed by atoms with Crippen LogP contribution in [0.2, 0.25) is 0 Å². The lowest BCUT2D eigenvalue weighted by Gasteiger charge is -2.18. The zero-order valence-corrected chi connectivity index (χ0v) is 12.1. The average Bonchev–Trinajstić information content (AvgIpc) is 2.67. The van der Waals surface area contributed by atoms with Crippen molar-refractivity contribution in [1.29, 1.82) is 0 Å². The molecule has 0 N–H and O–H groups in total. The molecular formula is C11H11BrN2O3S. The van der Waals surface area contributed by atoms with Crippen LogP contribution in [0.1, 0.15) is 16.9 Å². The molecule has 2 rings (SSSR count). The second-order valence-electron chi connectivity index (χ2n) is 3.88. The number of hydrogen-bond acceptors (Lipinski definition) is 5. The molecule has 1 fully saturated rings. The lowest BCUT2D eigenvalue weighted by Crippen LogP contribution is -2.27. The van der Waals surface area contributed by atoms with Gasteiger partial charge in [-0.2, -0.15) is 12.6 Å². The maximum atomic E-state index is 11.8. The van der Waals surface area contributed by atoms with Gasteiger partial charge in [-0.05, 0) is 22.0 Å². The summed E-state index contributed by atoms with van der Waals surface area (Å²) in [4.78, 5) is 29.0. The van der Waals surface area contributed by atoms with Crippen LogP contribution in [0, 0.1) is 0 Å². The van der Waals surface area contributed by atoms with Gasteiger partial charge >= 0.3 is 5.97 Å². The van der Waals surface area contributed by atoms with Gasteiger partial charge in [0.1, 0.15) is 0 Å². The van der Waals surface area contributed by atoms with Gasteiger partial charge in [0.25, 0.3) is 0 Å². The molecule has 18 heavy (non-hydrogen) atoms. The van der Waals surface area contributed by atoms with Crippen LogP contribution in [0.5, 0.6) is 0 Å². The summed E-state index contributed by atoms with van der Waals surface area (Å²) in [6.45, 7) is 0.462. The second-order valence-corrected chi connectivity index (χ2v) is 5.52. The van der Waals surface area contributed by atoms with Gasteiger partial charge in [-0.25, -0.2) is 9.78 Å². The van der Waals surface area contributed by atoms with Crippen molar-refractivity contribution in [1.82, 2.24) is 4.98 Å². The minimum atomic E-state index is -0.562. The smallest absolute Gasteiger partial charge is 0.358 e. The Kier molecular flexibility index (Phi) is 3.91. The van der Waals surface area contributed by atoms with E-state index in [-0.39, 0.29) is 16.9 Å². The Hall–Kier alpha value is -1.08. The quantitative estimate of drug-likeness (QED) is 0.662. The molecule has 0 bridgehead atoms. The number of anilines is 1. The molecule has 0 aliphatic carbocycles. The summed E-state index contributed by atoms with van der Waals surface area (Å²) in [5.74, 6) is -0.632. The predicted molar refractivity (Wildman–Crippen MR) is 73.0 cm³/mol.